The summed E-state index contributed by atoms with van der Waals surface area (Å²) in [4.78, 5) is 4.48. The van der Waals surface area contributed by atoms with Crippen LogP contribution in [0.1, 0.15) is 51.4 Å². The number of nitrogens with one attached hydrogen (secondary N) is 2. The van der Waals surface area contributed by atoms with E-state index in [9.17, 15) is 0 Å². The third-order valence-corrected chi connectivity index (χ3v) is 3.68. The van der Waals surface area contributed by atoms with E-state index in [0.29, 0.717) is 18.0 Å². The van der Waals surface area contributed by atoms with E-state index < -0.39 is 0 Å². The summed E-state index contributed by atoms with van der Waals surface area (Å²) in [5.41, 5.74) is 0. The number of aromatic nitrogens is 3. The largest absolute Gasteiger partial charge is 0.366 e. The van der Waals surface area contributed by atoms with Crippen LogP contribution in [0.4, 0.5) is 11.8 Å². The van der Waals surface area contributed by atoms with Crippen LogP contribution in [0.15, 0.2) is 6.20 Å². The smallest absolute Gasteiger partial charge is 0.244 e. The van der Waals surface area contributed by atoms with Crippen LogP contribution < -0.4 is 10.6 Å². The first-order chi connectivity index (χ1) is 8.90. The van der Waals surface area contributed by atoms with Gasteiger partial charge in [-0.05, 0) is 25.7 Å². The standard InChI is InChI=1S/C13H21N5/c1-2-4-6-10(5-3-1)16-13-17-12(9-14-18-13)15-11-7-8-11/h9-11H,1-8H2,(H2,15,16,17,18). The van der Waals surface area contributed by atoms with E-state index in [-0.39, 0.29) is 0 Å². The molecule has 2 aliphatic rings. The van der Waals surface area contributed by atoms with Crippen molar-refractivity contribution in [3.05, 3.63) is 6.20 Å². The molecule has 0 aliphatic heterocycles. The van der Waals surface area contributed by atoms with Gasteiger partial charge in [-0.3, -0.25) is 0 Å². The Hall–Kier alpha value is -1.39. The summed E-state index contributed by atoms with van der Waals surface area (Å²) in [6.07, 6.45) is 12.0. The number of hydrogen-bond donors (Lipinski definition) is 2. The van der Waals surface area contributed by atoms with Crippen LogP contribution >= 0.6 is 0 Å². The van der Waals surface area contributed by atoms with Crippen LogP contribution in [0.25, 0.3) is 0 Å². The summed E-state index contributed by atoms with van der Waals surface area (Å²) < 4.78 is 0. The van der Waals surface area contributed by atoms with Crippen molar-refractivity contribution in [3.8, 4) is 0 Å². The lowest BCUT2D eigenvalue weighted by molar-refractivity contribution is 0.613. The van der Waals surface area contributed by atoms with Crippen LogP contribution in [0.2, 0.25) is 0 Å². The number of hydrogen-bond acceptors (Lipinski definition) is 5. The molecular weight excluding hydrogens is 226 g/mol. The van der Waals surface area contributed by atoms with Crippen LogP contribution in [0, 0.1) is 0 Å². The molecule has 1 aromatic rings. The molecule has 2 aliphatic carbocycles. The zero-order valence-corrected chi connectivity index (χ0v) is 10.7. The maximum Gasteiger partial charge on any atom is 0.244 e. The van der Waals surface area contributed by atoms with Gasteiger partial charge in [0.2, 0.25) is 5.95 Å². The maximum absolute atomic E-state index is 4.48. The minimum Gasteiger partial charge on any atom is -0.366 e. The quantitative estimate of drug-likeness (QED) is 0.801. The maximum atomic E-state index is 4.48. The monoisotopic (exact) mass is 247 g/mol. The Kier molecular flexibility index (Phi) is 3.57. The van der Waals surface area contributed by atoms with Crippen LogP contribution in [-0.2, 0) is 0 Å². The van der Waals surface area contributed by atoms with Crippen molar-refractivity contribution >= 4 is 11.8 Å². The average Bonchev–Trinajstić information content (AvgIpc) is 3.18. The Morgan fingerprint density at radius 1 is 0.889 bits per heavy atom. The van der Waals surface area contributed by atoms with Gasteiger partial charge in [0.05, 0.1) is 6.20 Å². The highest BCUT2D eigenvalue weighted by Gasteiger charge is 2.21. The van der Waals surface area contributed by atoms with E-state index in [0.717, 1.165) is 5.82 Å². The molecule has 0 spiro atoms. The van der Waals surface area contributed by atoms with Gasteiger partial charge in [0.25, 0.3) is 0 Å². The second-order valence-electron chi connectivity index (χ2n) is 5.42. The van der Waals surface area contributed by atoms with E-state index in [1.54, 1.807) is 6.20 Å². The summed E-state index contributed by atoms with van der Waals surface area (Å²) in [5, 5.41) is 14.9. The molecule has 0 amide bonds. The Morgan fingerprint density at radius 2 is 1.61 bits per heavy atom. The molecule has 3 rings (SSSR count). The Bertz CT molecular complexity index is 383. The third kappa shape index (κ3) is 3.31. The second kappa shape index (κ2) is 5.50. The van der Waals surface area contributed by atoms with Gasteiger partial charge in [-0.2, -0.15) is 10.1 Å². The van der Waals surface area contributed by atoms with Crippen molar-refractivity contribution in [2.24, 2.45) is 0 Å². The molecule has 0 bridgehead atoms. The van der Waals surface area contributed by atoms with Gasteiger partial charge >= 0.3 is 0 Å². The predicted octanol–water partition coefficient (Wildman–Crippen LogP) is 2.58. The molecule has 98 valence electrons. The molecule has 0 saturated heterocycles. The van der Waals surface area contributed by atoms with E-state index >= 15 is 0 Å². The molecule has 2 saturated carbocycles. The molecule has 0 atom stereocenters. The van der Waals surface area contributed by atoms with Gasteiger partial charge in [-0.15, -0.1) is 5.10 Å². The van der Waals surface area contributed by atoms with E-state index in [4.69, 9.17) is 0 Å². The fourth-order valence-electron chi connectivity index (χ4n) is 2.48. The molecule has 0 unspecified atom stereocenters. The van der Waals surface area contributed by atoms with Gasteiger partial charge in [0, 0.05) is 12.1 Å². The molecule has 0 aromatic carbocycles. The van der Waals surface area contributed by atoms with E-state index in [2.05, 4.69) is 25.8 Å². The van der Waals surface area contributed by atoms with Crippen LogP contribution in [-0.4, -0.2) is 27.3 Å². The predicted molar refractivity (Wildman–Crippen MR) is 71.6 cm³/mol. The van der Waals surface area contributed by atoms with Crippen molar-refractivity contribution in [2.75, 3.05) is 10.6 Å². The van der Waals surface area contributed by atoms with Crippen LogP contribution in [0.5, 0.6) is 0 Å². The first-order valence-corrected chi connectivity index (χ1v) is 7.13. The second-order valence-corrected chi connectivity index (χ2v) is 5.42. The summed E-state index contributed by atoms with van der Waals surface area (Å²) >= 11 is 0. The lowest BCUT2D eigenvalue weighted by atomic mass is 10.1. The Balaban J connectivity index is 1.59. The molecule has 1 heterocycles. The highest BCUT2D eigenvalue weighted by atomic mass is 15.3. The molecule has 5 nitrogen and oxygen atoms in total. The van der Waals surface area contributed by atoms with Gasteiger partial charge in [-0.25, -0.2) is 0 Å². The highest BCUT2D eigenvalue weighted by molar-refractivity contribution is 5.39. The lowest BCUT2D eigenvalue weighted by Gasteiger charge is -2.15. The topological polar surface area (TPSA) is 62.7 Å². The lowest BCUT2D eigenvalue weighted by Crippen LogP contribution is -2.20. The summed E-state index contributed by atoms with van der Waals surface area (Å²) in [6.45, 7) is 0. The molecule has 18 heavy (non-hydrogen) atoms. The Morgan fingerprint density at radius 3 is 2.33 bits per heavy atom. The Labute approximate surface area is 108 Å². The van der Waals surface area contributed by atoms with Gasteiger partial charge in [-0.1, -0.05) is 25.7 Å². The molecule has 0 radical (unpaired) electrons. The van der Waals surface area contributed by atoms with Crippen molar-refractivity contribution < 1.29 is 0 Å². The molecule has 1 aromatic heterocycles. The van der Waals surface area contributed by atoms with Gasteiger partial charge < -0.3 is 10.6 Å². The molecule has 5 heteroatoms. The van der Waals surface area contributed by atoms with Crippen molar-refractivity contribution in [1.82, 2.24) is 15.2 Å². The van der Waals surface area contributed by atoms with Crippen molar-refractivity contribution in [3.63, 3.8) is 0 Å². The first-order valence-electron chi connectivity index (χ1n) is 7.13. The number of rotatable bonds is 4. The van der Waals surface area contributed by atoms with Crippen molar-refractivity contribution in [2.45, 2.75) is 63.5 Å². The summed E-state index contributed by atoms with van der Waals surface area (Å²) in [7, 11) is 0. The average molecular weight is 247 g/mol. The molecule has 2 N–H and O–H groups in total. The molecule has 2 fully saturated rings. The zero-order chi connectivity index (χ0) is 12.2. The number of nitrogens with zero attached hydrogens (tertiary/aromatic N) is 3. The minimum absolute atomic E-state index is 0.519. The normalized spacial score (nSPS) is 21.3. The van der Waals surface area contributed by atoms with Gasteiger partial charge in [0.1, 0.15) is 0 Å². The minimum atomic E-state index is 0.519. The highest BCUT2D eigenvalue weighted by Crippen LogP contribution is 2.24. The zero-order valence-electron chi connectivity index (χ0n) is 10.7. The fourth-order valence-corrected chi connectivity index (χ4v) is 2.48. The van der Waals surface area contributed by atoms with Crippen molar-refractivity contribution in [1.29, 1.82) is 0 Å². The first kappa shape index (κ1) is 11.7. The van der Waals surface area contributed by atoms with E-state index in [1.807, 2.05) is 0 Å². The van der Waals surface area contributed by atoms with Crippen LogP contribution in [0.3, 0.4) is 0 Å². The summed E-state index contributed by atoms with van der Waals surface area (Å²) in [5.74, 6) is 1.52. The fraction of sp³-hybridized carbons (Fsp3) is 0.769. The van der Waals surface area contributed by atoms with Gasteiger partial charge in [0.15, 0.2) is 5.82 Å². The molecular formula is C13H21N5. The number of anilines is 2. The third-order valence-electron chi connectivity index (χ3n) is 3.68. The van der Waals surface area contributed by atoms with E-state index in [1.165, 1.54) is 51.4 Å². The summed E-state index contributed by atoms with van der Waals surface area (Å²) in [6, 6.07) is 1.12. The SMILES string of the molecule is c1nnc(NC2CCCCCC2)nc1NC1CC1.